The maximum Gasteiger partial charge on any atom is 0.314 e. The number of esters is 1. The molecule has 1 unspecified atom stereocenters. The van der Waals surface area contributed by atoms with Crippen molar-refractivity contribution in [3.8, 4) is 0 Å². The first-order valence-electron chi connectivity index (χ1n) is 5.90. The van der Waals surface area contributed by atoms with Crippen molar-refractivity contribution in [2.75, 3.05) is 6.61 Å². The maximum absolute atomic E-state index is 11.8. The van der Waals surface area contributed by atoms with E-state index in [4.69, 9.17) is 10.5 Å². The molecule has 0 saturated carbocycles. The molecule has 1 aromatic carbocycles. The lowest BCUT2D eigenvalue weighted by molar-refractivity contribution is -0.141. The summed E-state index contributed by atoms with van der Waals surface area (Å²) in [4.78, 5) is 11.8. The molecule has 1 aliphatic rings. The van der Waals surface area contributed by atoms with E-state index < -0.39 is 0 Å². The van der Waals surface area contributed by atoms with Gasteiger partial charge in [0.05, 0.1) is 5.92 Å². The minimum absolute atomic E-state index is 0.154. The highest BCUT2D eigenvalue weighted by Crippen LogP contribution is 2.36. The summed E-state index contributed by atoms with van der Waals surface area (Å²) in [7, 11) is 0. The number of nitrogens with two attached hydrogens (primary N) is 1. The Morgan fingerprint density at radius 3 is 2.76 bits per heavy atom. The van der Waals surface area contributed by atoms with Crippen molar-refractivity contribution in [1.82, 2.24) is 0 Å². The van der Waals surface area contributed by atoms with Crippen LogP contribution in [0, 0.1) is 5.92 Å². The van der Waals surface area contributed by atoms with Gasteiger partial charge in [0, 0.05) is 5.92 Å². The lowest BCUT2D eigenvalue weighted by Crippen LogP contribution is -2.19. The predicted molar refractivity (Wildman–Crippen MR) is 66.2 cm³/mol. The standard InChI is InChI=1S/C14H17NO2/c1-2-12(10-6-4-3-5-7-10)13-11(8-15)9-17-14(13)16/h3-8,12-13H,2,9,15H2,1H3/t12?,13-/m1/s1. The average Bonchev–Trinajstić information content (AvgIpc) is 2.74. The van der Waals surface area contributed by atoms with Crippen LogP contribution in [0.3, 0.4) is 0 Å². The van der Waals surface area contributed by atoms with Crippen molar-refractivity contribution in [3.05, 3.63) is 47.7 Å². The van der Waals surface area contributed by atoms with Gasteiger partial charge in [0.1, 0.15) is 6.61 Å². The molecule has 0 bridgehead atoms. The van der Waals surface area contributed by atoms with Gasteiger partial charge in [0.15, 0.2) is 0 Å². The van der Waals surface area contributed by atoms with Gasteiger partial charge in [-0.3, -0.25) is 4.79 Å². The van der Waals surface area contributed by atoms with E-state index in [1.165, 1.54) is 11.8 Å². The minimum atomic E-state index is -0.215. The molecule has 0 radical (unpaired) electrons. The highest BCUT2D eigenvalue weighted by molar-refractivity contribution is 5.80. The van der Waals surface area contributed by atoms with Crippen molar-refractivity contribution in [2.24, 2.45) is 11.7 Å². The third kappa shape index (κ3) is 2.18. The molecule has 0 aromatic heterocycles. The zero-order valence-electron chi connectivity index (χ0n) is 9.93. The van der Waals surface area contributed by atoms with E-state index in [0.717, 1.165) is 12.0 Å². The number of benzene rings is 1. The lowest BCUT2D eigenvalue weighted by atomic mass is 9.81. The van der Waals surface area contributed by atoms with E-state index in [9.17, 15) is 4.79 Å². The molecular formula is C14H17NO2. The van der Waals surface area contributed by atoms with Crippen molar-refractivity contribution < 1.29 is 9.53 Å². The summed E-state index contributed by atoms with van der Waals surface area (Å²) in [5.41, 5.74) is 7.62. The number of cyclic esters (lactones) is 1. The summed E-state index contributed by atoms with van der Waals surface area (Å²) in [5, 5.41) is 0. The van der Waals surface area contributed by atoms with Gasteiger partial charge in [-0.15, -0.1) is 0 Å². The molecule has 3 nitrogen and oxygen atoms in total. The van der Waals surface area contributed by atoms with Crippen molar-refractivity contribution in [2.45, 2.75) is 19.3 Å². The SMILES string of the molecule is CCC(c1ccccc1)[C@@H]1C(=O)OCC1=CN. The van der Waals surface area contributed by atoms with Crippen LogP contribution in [-0.2, 0) is 9.53 Å². The van der Waals surface area contributed by atoms with Crippen LogP contribution in [-0.4, -0.2) is 12.6 Å². The van der Waals surface area contributed by atoms with Crippen LogP contribution in [0.25, 0.3) is 0 Å². The third-order valence-corrected chi connectivity index (χ3v) is 3.32. The number of ether oxygens (including phenoxy) is 1. The molecule has 3 heteroatoms. The first-order chi connectivity index (χ1) is 8.27. The van der Waals surface area contributed by atoms with Crippen LogP contribution in [0.2, 0.25) is 0 Å². The second kappa shape index (κ2) is 5.04. The first-order valence-corrected chi connectivity index (χ1v) is 5.90. The third-order valence-electron chi connectivity index (χ3n) is 3.32. The van der Waals surface area contributed by atoms with E-state index in [0.29, 0.717) is 6.61 Å². The zero-order chi connectivity index (χ0) is 12.3. The highest BCUT2D eigenvalue weighted by Gasteiger charge is 2.37. The van der Waals surface area contributed by atoms with Gasteiger partial charge in [0.25, 0.3) is 0 Å². The average molecular weight is 231 g/mol. The Kier molecular flexibility index (Phi) is 3.47. The van der Waals surface area contributed by atoms with Gasteiger partial charge in [-0.2, -0.15) is 0 Å². The number of hydrogen-bond donors (Lipinski definition) is 1. The molecule has 2 rings (SSSR count). The maximum atomic E-state index is 11.8. The molecule has 2 N–H and O–H groups in total. The molecule has 17 heavy (non-hydrogen) atoms. The molecule has 1 aliphatic heterocycles. The Hall–Kier alpha value is -1.77. The van der Waals surface area contributed by atoms with Crippen LogP contribution in [0.1, 0.15) is 24.8 Å². The number of carbonyl (C=O) groups is 1. The van der Waals surface area contributed by atoms with Crippen molar-refractivity contribution in [1.29, 1.82) is 0 Å². The molecule has 2 atom stereocenters. The summed E-state index contributed by atoms with van der Waals surface area (Å²) >= 11 is 0. The second-order valence-electron chi connectivity index (χ2n) is 4.25. The summed E-state index contributed by atoms with van der Waals surface area (Å²) < 4.78 is 5.09. The topological polar surface area (TPSA) is 52.3 Å². The summed E-state index contributed by atoms with van der Waals surface area (Å²) in [6, 6.07) is 10.1. The molecule has 0 amide bonds. The first kappa shape index (κ1) is 11.7. The van der Waals surface area contributed by atoms with Crippen LogP contribution in [0.5, 0.6) is 0 Å². The van der Waals surface area contributed by atoms with E-state index in [-0.39, 0.29) is 17.8 Å². The van der Waals surface area contributed by atoms with Crippen molar-refractivity contribution >= 4 is 5.97 Å². The molecule has 1 fully saturated rings. The van der Waals surface area contributed by atoms with E-state index >= 15 is 0 Å². The molecule has 0 spiro atoms. The zero-order valence-corrected chi connectivity index (χ0v) is 9.93. The van der Waals surface area contributed by atoms with Crippen LogP contribution < -0.4 is 5.73 Å². The largest absolute Gasteiger partial charge is 0.461 e. The Labute approximate surface area is 101 Å². The normalized spacial score (nSPS) is 23.7. The Bertz CT molecular complexity index is 425. The molecular weight excluding hydrogens is 214 g/mol. The highest BCUT2D eigenvalue weighted by atomic mass is 16.5. The van der Waals surface area contributed by atoms with Gasteiger partial charge in [-0.25, -0.2) is 0 Å². The van der Waals surface area contributed by atoms with Gasteiger partial charge >= 0.3 is 5.97 Å². The fourth-order valence-electron chi connectivity index (χ4n) is 2.42. The number of carbonyl (C=O) groups excluding carboxylic acids is 1. The monoisotopic (exact) mass is 231 g/mol. The van der Waals surface area contributed by atoms with Crippen LogP contribution in [0.15, 0.2) is 42.1 Å². The van der Waals surface area contributed by atoms with Gasteiger partial charge < -0.3 is 10.5 Å². The Balaban J connectivity index is 2.33. The number of rotatable bonds is 3. The van der Waals surface area contributed by atoms with Gasteiger partial charge in [-0.1, -0.05) is 37.3 Å². The van der Waals surface area contributed by atoms with E-state index in [1.807, 2.05) is 30.3 Å². The fraction of sp³-hybridized carbons (Fsp3) is 0.357. The minimum Gasteiger partial charge on any atom is -0.461 e. The quantitative estimate of drug-likeness (QED) is 0.811. The predicted octanol–water partition coefficient (Wildman–Crippen LogP) is 2.20. The van der Waals surface area contributed by atoms with Crippen molar-refractivity contribution in [3.63, 3.8) is 0 Å². The Morgan fingerprint density at radius 1 is 1.47 bits per heavy atom. The van der Waals surface area contributed by atoms with Crippen LogP contribution >= 0.6 is 0 Å². The second-order valence-corrected chi connectivity index (χ2v) is 4.25. The molecule has 1 saturated heterocycles. The van der Waals surface area contributed by atoms with Crippen LogP contribution in [0.4, 0.5) is 0 Å². The van der Waals surface area contributed by atoms with E-state index in [2.05, 4.69) is 6.92 Å². The molecule has 1 aromatic rings. The molecule has 0 aliphatic carbocycles. The Morgan fingerprint density at radius 2 is 2.18 bits per heavy atom. The number of hydrogen-bond acceptors (Lipinski definition) is 3. The van der Waals surface area contributed by atoms with Gasteiger partial charge in [0.2, 0.25) is 0 Å². The molecule has 90 valence electrons. The van der Waals surface area contributed by atoms with Gasteiger partial charge in [-0.05, 0) is 23.8 Å². The van der Waals surface area contributed by atoms with E-state index in [1.54, 1.807) is 0 Å². The fourth-order valence-corrected chi connectivity index (χ4v) is 2.42. The summed E-state index contributed by atoms with van der Waals surface area (Å²) in [6.07, 6.45) is 2.41. The summed E-state index contributed by atoms with van der Waals surface area (Å²) in [5.74, 6) is -0.217. The smallest absolute Gasteiger partial charge is 0.314 e. The summed E-state index contributed by atoms with van der Waals surface area (Å²) in [6.45, 7) is 2.42. The lowest BCUT2D eigenvalue weighted by Gasteiger charge is -2.20. The molecule has 1 heterocycles.